The maximum Gasteiger partial charge on any atom is 0.262 e. The van der Waals surface area contributed by atoms with Gasteiger partial charge in [-0.3, -0.25) is 4.72 Å². The number of halogens is 2. The van der Waals surface area contributed by atoms with Gasteiger partial charge in [0.25, 0.3) is 10.0 Å². The molecule has 0 atom stereocenters. The van der Waals surface area contributed by atoms with Gasteiger partial charge in [0.15, 0.2) is 23.1 Å². The van der Waals surface area contributed by atoms with Gasteiger partial charge >= 0.3 is 0 Å². The van der Waals surface area contributed by atoms with Crippen LogP contribution in [0.15, 0.2) is 59.5 Å². The standard InChI is InChI=1S/C23H21F2NO5S/c1-29-21-12-15(13-22(30-2)23(21)31-3)8-9-16-6-4-5-7-20(16)26-32(27,28)17-10-11-18(24)19(25)14-17/h4-14,26H,1-3H3. The largest absolute Gasteiger partial charge is 0.493 e. The lowest BCUT2D eigenvalue weighted by Crippen LogP contribution is -2.14. The van der Waals surface area contributed by atoms with Crippen LogP contribution in [-0.2, 0) is 10.0 Å². The molecule has 0 spiro atoms. The Morgan fingerprint density at radius 1 is 0.812 bits per heavy atom. The molecule has 0 aliphatic heterocycles. The highest BCUT2D eigenvalue weighted by molar-refractivity contribution is 7.92. The molecule has 3 rings (SSSR count). The second kappa shape index (κ2) is 9.69. The normalized spacial score (nSPS) is 11.4. The number of anilines is 1. The maximum atomic E-state index is 13.5. The van der Waals surface area contributed by atoms with E-state index in [0.29, 0.717) is 28.9 Å². The topological polar surface area (TPSA) is 73.9 Å². The molecule has 0 radical (unpaired) electrons. The van der Waals surface area contributed by atoms with Gasteiger partial charge in [0.1, 0.15) is 0 Å². The Kier molecular flexibility index (Phi) is 6.99. The summed E-state index contributed by atoms with van der Waals surface area (Å²) in [4.78, 5) is -0.389. The van der Waals surface area contributed by atoms with Crippen LogP contribution < -0.4 is 18.9 Å². The highest BCUT2D eigenvalue weighted by Gasteiger charge is 2.18. The molecule has 0 aromatic heterocycles. The van der Waals surface area contributed by atoms with Crippen molar-refractivity contribution in [1.29, 1.82) is 0 Å². The maximum absolute atomic E-state index is 13.5. The van der Waals surface area contributed by atoms with Crippen LogP contribution >= 0.6 is 0 Å². The third-order valence-corrected chi connectivity index (χ3v) is 5.91. The molecule has 168 valence electrons. The molecule has 0 saturated heterocycles. The highest BCUT2D eigenvalue weighted by atomic mass is 32.2. The smallest absolute Gasteiger partial charge is 0.262 e. The van der Waals surface area contributed by atoms with Crippen LogP contribution in [0.3, 0.4) is 0 Å². The van der Waals surface area contributed by atoms with E-state index in [1.807, 2.05) is 0 Å². The average molecular weight is 461 g/mol. The molecule has 32 heavy (non-hydrogen) atoms. The molecule has 0 saturated carbocycles. The summed E-state index contributed by atoms with van der Waals surface area (Å²) in [6.07, 6.45) is 3.44. The van der Waals surface area contributed by atoms with E-state index in [4.69, 9.17) is 14.2 Å². The van der Waals surface area contributed by atoms with E-state index >= 15 is 0 Å². The molecule has 0 unspecified atom stereocenters. The first-order chi connectivity index (χ1) is 15.3. The quantitative estimate of drug-likeness (QED) is 0.480. The Morgan fingerprint density at radius 3 is 2.06 bits per heavy atom. The molecule has 9 heteroatoms. The summed E-state index contributed by atoms with van der Waals surface area (Å²) in [7, 11) is 0.384. The van der Waals surface area contributed by atoms with Gasteiger partial charge in [-0.05, 0) is 47.5 Å². The SMILES string of the molecule is COc1cc(C=Cc2ccccc2NS(=O)(=O)c2ccc(F)c(F)c2)cc(OC)c1OC. The summed E-state index contributed by atoms with van der Waals surface area (Å²) in [6.45, 7) is 0. The van der Waals surface area contributed by atoms with Crippen molar-refractivity contribution in [2.75, 3.05) is 26.1 Å². The molecular weight excluding hydrogens is 440 g/mol. The Balaban J connectivity index is 1.94. The number of hydrogen-bond donors (Lipinski definition) is 1. The van der Waals surface area contributed by atoms with Crippen molar-refractivity contribution in [2.45, 2.75) is 4.90 Å². The zero-order valence-corrected chi connectivity index (χ0v) is 18.4. The fraction of sp³-hybridized carbons (Fsp3) is 0.130. The summed E-state index contributed by atoms with van der Waals surface area (Å²) in [5, 5.41) is 0. The third kappa shape index (κ3) is 5.00. The molecule has 0 bridgehead atoms. The van der Waals surface area contributed by atoms with E-state index in [2.05, 4.69) is 4.72 Å². The van der Waals surface area contributed by atoms with E-state index in [9.17, 15) is 17.2 Å². The van der Waals surface area contributed by atoms with Crippen LogP contribution in [0.25, 0.3) is 12.2 Å². The molecule has 0 amide bonds. The van der Waals surface area contributed by atoms with Crippen LogP contribution in [0.4, 0.5) is 14.5 Å². The Labute approximate surface area is 185 Å². The van der Waals surface area contributed by atoms with Crippen molar-refractivity contribution >= 4 is 27.9 Å². The molecule has 0 fully saturated rings. The van der Waals surface area contributed by atoms with Crippen LogP contribution in [-0.4, -0.2) is 29.7 Å². The first-order valence-electron chi connectivity index (χ1n) is 9.34. The molecule has 3 aromatic rings. The second-order valence-electron chi connectivity index (χ2n) is 6.56. The van der Waals surface area contributed by atoms with Crippen LogP contribution in [0.1, 0.15) is 11.1 Å². The van der Waals surface area contributed by atoms with Gasteiger partial charge in [-0.1, -0.05) is 30.4 Å². The molecule has 0 aliphatic carbocycles. The van der Waals surface area contributed by atoms with Gasteiger partial charge in [-0.2, -0.15) is 0 Å². The Morgan fingerprint density at radius 2 is 1.47 bits per heavy atom. The number of rotatable bonds is 8. The highest BCUT2D eigenvalue weighted by Crippen LogP contribution is 2.38. The predicted molar refractivity (Wildman–Crippen MR) is 119 cm³/mol. The van der Waals surface area contributed by atoms with Crippen molar-refractivity contribution in [1.82, 2.24) is 0 Å². The summed E-state index contributed by atoms with van der Waals surface area (Å²) in [6, 6.07) is 12.5. The van der Waals surface area contributed by atoms with Crippen molar-refractivity contribution in [3.05, 3.63) is 77.4 Å². The summed E-state index contributed by atoms with van der Waals surface area (Å²) in [5.41, 5.74) is 1.53. The minimum Gasteiger partial charge on any atom is -0.493 e. The number of nitrogens with one attached hydrogen (secondary N) is 1. The van der Waals surface area contributed by atoms with Crippen LogP contribution in [0.5, 0.6) is 17.2 Å². The number of para-hydroxylation sites is 1. The van der Waals surface area contributed by atoms with Crippen molar-refractivity contribution in [3.63, 3.8) is 0 Å². The van der Waals surface area contributed by atoms with Gasteiger partial charge in [-0.25, -0.2) is 17.2 Å². The van der Waals surface area contributed by atoms with Gasteiger partial charge < -0.3 is 14.2 Å². The lowest BCUT2D eigenvalue weighted by molar-refractivity contribution is 0.324. The third-order valence-electron chi connectivity index (χ3n) is 4.55. The van der Waals surface area contributed by atoms with Crippen LogP contribution in [0, 0.1) is 11.6 Å². The van der Waals surface area contributed by atoms with Gasteiger partial charge in [0.2, 0.25) is 5.75 Å². The fourth-order valence-corrected chi connectivity index (χ4v) is 4.07. The first-order valence-corrected chi connectivity index (χ1v) is 10.8. The lowest BCUT2D eigenvalue weighted by Gasteiger charge is -2.13. The van der Waals surface area contributed by atoms with Gasteiger partial charge in [-0.15, -0.1) is 0 Å². The van der Waals surface area contributed by atoms with Crippen molar-refractivity contribution in [2.24, 2.45) is 0 Å². The number of benzene rings is 3. The molecule has 3 aromatic carbocycles. The number of methoxy groups -OCH3 is 3. The number of sulfonamides is 1. The fourth-order valence-electron chi connectivity index (χ4n) is 2.97. The molecule has 0 heterocycles. The zero-order valence-electron chi connectivity index (χ0n) is 17.6. The van der Waals surface area contributed by atoms with E-state index in [1.54, 1.807) is 48.6 Å². The zero-order chi connectivity index (χ0) is 23.3. The van der Waals surface area contributed by atoms with E-state index in [-0.39, 0.29) is 10.6 Å². The summed E-state index contributed by atoms with van der Waals surface area (Å²) in [5.74, 6) is -0.981. The minimum absolute atomic E-state index is 0.265. The molecule has 0 aliphatic rings. The molecule has 1 N–H and O–H groups in total. The lowest BCUT2D eigenvalue weighted by atomic mass is 10.1. The first kappa shape index (κ1) is 23.1. The van der Waals surface area contributed by atoms with E-state index < -0.39 is 21.7 Å². The summed E-state index contributed by atoms with van der Waals surface area (Å²) < 4.78 is 70.4. The van der Waals surface area contributed by atoms with Crippen molar-refractivity contribution in [3.8, 4) is 17.2 Å². The molecular formula is C23H21F2NO5S. The Bertz CT molecular complexity index is 1230. The number of ether oxygens (including phenoxy) is 3. The molecule has 6 nitrogen and oxygen atoms in total. The van der Waals surface area contributed by atoms with Crippen molar-refractivity contribution < 1.29 is 31.4 Å². The minimum atomic E-state index is -4.14. The number of hydrogen-bond acceptors (Lipinski definition) is 5. The Hall–Kier alpha value is -3.59. The summed E-state index contributed by atoms with van der Waals surface area (Å²) >= 11 is 0. The second-order valence-corrected chi connectivity index (χ2v) is 8.24. The average Bonchev–Trinajstić information content (AvgIpc) is 2.79. The van der Waals surface area contributed by atoms with E-state index in [0.717, 1.165) is 17.7 Å². The van der Waals surface area contributed by atoms with Gasteiger partial charge in [0.05, 0.1) is 31.9 Å². The van der Waals surface area contributed by atoms with E-state index in [1.165, 1.54) is 21.3 Å². The van der Waals surface area contributed by atoms with Gasteiger partial charge in [0, 0.05) is 0 Å². The van der Waals surface area contributed by atoms with Crippen LogP contribution in [0.2, 0.25) is 0 Å². The predicted octanol–water partition coefficient (Wildman–Crippen LogP) is 4.96. The monoisotopic (exact) mass is 461 g/mol.